The number of H-pyrrole nitrogens is 1. The van der Waals surface area contributed by atoms with Crippen LogP contribution in [-0.4, -0.2) is 20.0 Å². The lowest BCUT2D eigenvalue weighted by molar-refractivity contribution is 0.603. The highest BCUT2D eigenvalue weighted by molar-refractivity contribution is 6.33. The number of fused-ring (bicyclic) bond motifs is 1. The standard InChI is InChI=1S/C13H10ClFN4O/c1-2-7-4-3-5-8(15)12(7)19-10(20)6-9-11(18-19)13(14)17-16-9/h3-6,16H,2H2,1H3. The third-order valence-electron chi connectivity index (χ3n) is 3.06. The first kappa shape index (κ1) is 12.8. The smallest absolute Gasteiger partial charge is 0.273 e. The molecular formula is C13H10ClFN4O. The summed E-state index contributed by atoms with van der Waals surface area (Å²) in [5.41, 5.74) is 1.15. The second-order valence-corrected chi connectivity index (χ2v) is 4.63. The molecule has 2 heterocycles. The van der Waals surface area contributed by atoms with Crippen LogP contribution in [0.15, 0.2) is 29.1 Å². The van der Waals surface area contributed by atoms with Gasteiger partial charge in [0.2, 0.25) is 0 Å². The van der Waals surface area contributed by atoms with Gasteiger partial charge in [0.15, 0.2) is 5.15 Å². The summed E-state index contributed by atoms with van der Waals surface area (Å²) in [4.78, 5) is 12.1. The van der Waals surface area contributed by atoms with Crippen molar-refractivity contribution >= 4 is 22.6 Å². The summed E-state index contributed by atoms with van der Waals surface area (Å²) >= 11 is 5.88. The average molecular weight is 293 g/mol. The Morgan fingerprint density at radius 3 is 3.00 bits per heavy atom. The lowest BCUT2D eigenvalue weighted by Gasteiger charge is -2.10. The maximum absolute atomic E-state index is 14.1. The van der Waals surface area contributed by atoms with Crippen LogP contribution in [0.3, 0.4) is 0 Å². The molecule has 3 rings (SSSR count). The largest absolute Gasteiger partial charge is 0.274 e. The number of aromatic nitrogens is 4. The average Bonchev–Trinajstić information content (AvgIpc) is 2.79. The van der Waals surface area contributed by atoms with E-state index in [1.165, 1.54) is 12.1 Å². The van der Waals surface area contributed by atoms with Gasteiger partial charge in [-0.3, -0.25) is 9.89 Å². The second kappa shape index (κ2) is 4.72. The lowest BCUT2D eigenvalue weighted by Crippen LogP contribution is -2.22. The molecule has 7 heteroatoms. The topological polar surface area (TPSA) is 63.6 Å². The van der Waals surface area contributed by atoms with Crippen molar-refractivity contribution in [2.75, 3.05) is 0 Å². The molecule has 0 unspecified atom stereocenters. The molecule has 102 valence electrons. The highest BCUT2D eigenvalue weighted by Gasteiger charge is 2.15. The Morgan fingerprint density at radius 2 is 2.25 bits per heavy atom. The van der Waals surface area contributed by atoms with E-state index in [9.17, 15) is 9.18 Å². The molecule has 20 heavy (non-hydrogen) atoms. The molecule has 0 bridgehead atoms. The first-order chi connectivity index (χ1) is 9.61. The number of rotatable bonds is 2. The van der Waals surface area contributed by atoms with Crippen LogP contribution in [0.25, 0.3) is 16.7 Å². The zero-order valence-corrected chi connectivity index (χ0v) is 11.3. The summed E-state index contributed by atoms with van der Waals surface area (Å²) in [6, 6.07) is 5.96. The number of nitrogens with zero attached hydrogens (tertiary/aromatic N) is 3. The van der Waals surface area contributed by atoms with Crippen LogP contribution in [0.5, 0.6) is 0 Å². The molecule has 0 radical (unpaired) electrons. The Bertz CT molecular complexity index is 855. The fraction of sp³-hybridized carbons (Fsp3) is 0.154. The maximum Gasteiger partial charge on any atom is 0.273 e. The summed E-state index contributed by atoms with van der Waals surface area (Å²) in [7, 11) is 0. The van der Waals surface area contributed by atoms with E-state index in [4.69, 9.17) is 11.6 Å². The predicted octanol–water partition coefficient (Wildman–Crippen LogP) is 2.46. The van der Waals surface area contributed by atoms with Crippen molar-refractivity contribution in [2.45, 2.75) is 13.3 Å². The monoisotopic (exact) mass is 292 g/mol. The van der Waals surface area contributed by atoms with Gasteiger partial charge in [0, 0.05) is 6.07 Å². The van der Waals surface area contributed by atoms with Gasteiger partial charge < -0.3 is 0 Å². The summed E-state index contributed by atoms with van der Waals surface area (Å²) in [6.07, 6.45) is 0.582. The molecule has 0 saturated carbocycles. The number of nitrogens with one attached hydrogen (secondary N) is 1. The Kier molecular flexibility index (Phi) is 3.02. The van der Waals surface area contributed by atoms with E-state index in [2.05, 4.69) is 15.3 Å². The number of halogens is 2. The van der Waals surface area contributed by atoms with Crippen LogP contribution in [0, 0.1) is 5.82 Å². The first-order valence-corrected chi connectivity index (χ1v) is 6.41. The van der Waals surface area contributed by atoms with Crippen molar-refractivity contribution in [3.05, 3.63) is 51.2 Å². The van der Waals surface area contributed by atoms with E-state index >= 15 is 0 Å². The Balaban J connectivity index is 2.37. The van der Waals surface area contributed by atoms with E-state index in [0.29, 0.717) is 23.0 Å². The van der Waals surface area contributed by atoms with Crippen molar-refractivity contribution in [1.82, 2.24) is 20.0 Å². The zero-order chi connectivity index (χ0) is 14.3. The van der Waals surface area contributed by atoms with Gasteiger partial charge in [0.1, 0.15) is 17.0 Å². The quantitative estimate of drug-likeness (QED) is 0.789. The van der Waals surface area contributed by atoms with Crippen molar-refractivity contribution in [3.8, 4) is 5.69 Å². The third kappa shape index (κ3) is 1.89. The summed E-state index contributed by atoms with van der Waals surface area (Å²) in [5, 5.41) is 10.6. The summed E-state index contributed by atoms with van der Waals surface area (Å²) in [5.74, 6) is -0.502. The molecule has 0 amide bonds. The van der Waals surface area contributed by atoms with Crippen LogP contribution >= 0.6 is 11.6 Å². The van der Waals surface area contributed by atoms with Crippen molar-refractivity contribution in [1.29, 1.82) is 0 Å². The van der Waals surface area contributed by atoms with Gasteiger partial charge in [-0.05, 0) is 18.1 Å². The molecule has 2 aromatic heterocycles. The Morgan fingerprint density at radius 1 is 1.45 bits per heavy atom. The highest BCUT2D eigenvalue weighted by atomic mass is 35.5. The Hall–Kier alpha value is -2.21. The van der Waals surface area contributed by atoms with Crippen molar-refractivity contribution < 1.29 is 4.39 Å². The molecule has 0 spiro atoms. The normalized spacial score (nSPS) is 11.2. The maximum atomic E-state index is 14.1. The third-order valence-corrected chi connectivity index (χ3v) is 3.33. The number of aryl methyl sites for hydroxylation is 1. The molecule has 0 saturated heterocycles. The van der Waals surface area contributed by atoms with Crippen LogP contribution in [-0.2, 0) is 6.42 Å². The predicted molar refractivity (Wildman–Crippen MR) is 73.8 cm³/mol. The van der Waals surface area contributed by atoms with Gasteiger partial charge in [0.25, 0.3) is 5.56 Å². The minimum Gasteiger partial charge on any atom is -0.274 e. The van der Waals surface area contributed by atoms with Crippen LogP contribution < -0.4 is 5.56 Å². The van der Waals surface area contributed by atoms with E-state index < -0.39 is 11.4 Å². The fourth-order valence-electron chi connectivity index (χ4n) is 2.10. The molecule has 0 atom stereocenters. The zero-order valence-electron chi connectivity index (χ0n) is 10.5. The Labute approximate surface area is 118 Å². The minimum absolute atomic E-state index is 0.142. The summed E-state index contributed by atoms with van der Waals surface area (Å²) < 4.78 is 15.1. The number of hydrogen-bond donors (Lipinski definition) is 1. The molecule has 1 aromatic carbocycles. The van der Waals surface area contributed by atoms with Crippen LogP contribution in [0.2, 0.25) is 5.15 Å². The molecule has 5 nitrogen and oxygen atoms in total. The van der Waals surface area contributed by atoms with Crippen LogP contribution in [0.4, 0.5) is 4.39 Å². The first-order valence-electron chi connectivity index (χ1n) is 6.03. The van der Waals surface area contributed by atoms with E-state index in [1.807, 2.05) is 6.92 Å². The SMILES string of the molecule is CCc1cccc(F)c1-n1nc2c(Cl)n[nH]c2cc1=O. The number of hydrogen-bond acceptors (Lipinski definition) is 3. The van der Waals surface area contributed by atoms with Crippen molar-refractivity contribution in [2.24, 2.45) is 0 Å². The molecular weight excluding hydrogens is 283 g/mol. The van der Waals surface area contributed by atoms with Crippen molar-refractivity contribution in [3.63, 3.8) is 0 Å². The van der Waals surface area contributed by atoms with Gasteiger partial charge in [-0.1, -0.05) is 30.7 Å². The fourth-order valence-corrected chi connectivity index (χ4v) is 2.28. The van der Waals surface area contributed by atoms with E-state index in [-0.39, 0.29) is 10.8 Å². The van der Waals surface area contributed by atoms with Gasteiger partial charge in [-0.15, -0.1) is 0 Å². The number of aromatic amines is 1. The van der Waals surface area contributed by atoms with E-state index in [0.717, 1.165) is 4.68 Å². The second-order valence-electron chi connectivity index (χ2n) is 4.27. The van der Waals surface area contributed by atoms with Gasteiger partial charge in [-0.25, -0.2) is 4.39 Å². The molecule has 1 N–H and O–H groups in total. The summed E-state index contributed by atoms with van der Waals surface area (Å²) in [6.45, 7) is 1.88. The van der Waals surface area contributed by atoms with Crippen LogP contribution in [0.1, 0.15) is 12.5 Å². The van der Waals surface area contributed by atoms with Gasteiger partial charge >= 0.3 is 0 Å². The highest BCUT2D eigenvalue weighted by Crippen LogP contribution is 2.20. The minimum atomic E-state index is -0.502. The molecule has 0 aliphatic rings. The number of benzene rings is 1. The van der Waals surface area contributed by atoms with E-state index in [1.54, 1.807) is 12.1 Å². The lowest BCUT2D eigenvalue weighted by atomic mass is 10.1. The molecule has 3 aromatic rings. The molecule has 0 aliphatic heterocycles. The molecule has 0 fully saturated rings. The van der Waals surface area contributed by atoms with Gasteiger partial charge in [0.05, 0.1) is 5.52 Å². The number of para-hydroxylation sites is 1. The molecule has 0 aliphatic carbocycles. The van der Waals surface area contributed by atoms with Gasteiger partial charge in [-0.2, -0.15) is 14.9 Å².